The summed E-state index contributed by atoms with van der Waals surface area (Å²) in [7, 11) is 0. The van der Waals surface area contributed by atoms with Gasteiger partial charge >= 0.3 is 5.97 Å². The molecule has 3 rings (SSSR count). The van der Waals surface area contributed by atoms with Crippen LogP contribution in [0.4, 0.5) is 5.69 Å². The molecule has 1 aromatic rings. The highest BCUT2D eigenvalue weighted by Gasteiger charge is 2.30. The first-order valence-corrected chi connectivity index (χ1v) is 9.97. The third kappa shape index (κ3) is 4.64. The van der Waals surface area contributed by atoms with Crippen molar-refractivity contribution in [3.05, 3.63) is 23.8 Å². The molecule has 1 unspecified atom stereocenters. The van der Waals surface area contributed by atoms with Crippen LogP contribution < -0.4 is 9.64 Å². The van der Waals surface area contributed by atoms with Crippen LogP contribution in [0.2, 0.25) is 0 Å². The van der Waals surface area contributed by atoms with Crippen LogP contribution in [0.3, 0.4) is 0 Å². The Morgan fingerprint density at radius 1 is 1.32 bits per heavy atom. The van der Waals surface area contributed by atoms with Gasteiger partial charge in [0.15, 0.2) is 6.61 Å². The molecule has 2 aliphatic heterocycles. The molecule has 1 atom stereocenters. The van der Waals surface area contributed by atoms with Crippen molar-refractivity contribution in [2.45, 2.75) is 39.5 Å². The Labute approximate surface area is 165 Å². The molecule has 28 heavy (non-hydrogen) atoms. The Hall–Kier alpha value is -2.57. The van der Waals surface area contributed by atoms with Crippen LogP contribution in [0, 0.1) is 12.8 Å². The van der Waals surface area contributed by atoms with Gasteiger partial charge in [-0.1, -0.05) is 6.07 Å². The van der Waals surface area contributed by atoms with Crippen molar-refractivity contribution in [1.82, 2.24) is 4.90 Å². The minimum absolute atomic E-state index is 0.0252. The Bertz CT molecular complexity index is 748. The SMILES string of the molecule is CCOC(=O)C1CCCN(C(=O)CCCN2C(=O)COc3ccc(C)cc32)C1. The molecule has 2 aliphatic rings. The topological polar surface area (TPSA) is 76.2 Å². The lowest BCUT2D eigenvalue weighted by Gasteiger charge is -2.32. The molecule has 0 radical (unpaired) electrons. The highest BCUT2D eigenvalue weighted by molar-refractivity contribution is 5.98. The van der Waals surface area contributed by atoms with E-state index in [9.17, 15) is 14.4 Å². The second-order valence-corrected chi connectivity index (χ2v) is 7.34. The smallest absolute Gasteiger partial charge is 0.310 e. The number of ether oxygens (including phenoxy) is 2. The molecule has 1 aromatic carbocycles. The summed E-state index contributed by atoms with van der Waals surface area (Å²) in [5, 5.41) is 0. The van der Waals surface area contributed by atoms with Gasteiger partial charge in [0.25, 0.3) is 5.91 Å². The third-order valence-corrected chi connectivity index (χ3v) is 5.22. The molecule has 1 saturated heterocycles. The number of nitrogens with zero attached hydrogens (tertiary/aromatic N) is 2. The Morgan fingerprint density at radius 2 is 2.14 bits per heavy atom. The van der Waals surface area contributed by atoms with Gasteiger partial charge in [0.2, 0.25) is 5.91 Å². The van der Waals surface area contributed by atoms with E-state index < -0.39 is 0 Å². The van der Waals surface area contributed by atoms with Gasteiger partial charge in [-0.25, -0.2) is 0 Å². The lowest BCUT2D eigenvalue weighted by molar-refractivity contribution is -0.151. The summed E-state index contributed by atoms with van der Waals surface area (Å²) in [5.41, 5.74) is 1.82. The number of rotatable bonds is 6. The fourth-order valence-electron chi connectivity index (χ4n) is 3.76. The van der Waals surface area contributed by atoms with Crippen molar-refractivity contribution in [2.75, 3.05) is 37.7 Å². The summed E-state index contributed by atoms with van der Waals surface area (Å²) in [6.45, 7) is 5.71. The molecular formula is C21H28N2O5. The number of carbonyl (C=O) groups excluding carboxylic acids is 3. The molecule has 0 spiro atoms. The van der Waals surface area contributed by atoms with Crippen molar-refractivity contribution >= 4 is 23.5 Å². The van der Waals surface area contributed by atoms with E-state index in [-0.39, 0.29) is 30.3 Å². The first-order chi connectivity index (χ1) is 13.5. The molecule has 0 saturated carbocycles. The minimum atomic E-state index is -0.228. The standard InChI is InChI=1S/C21H28N2O5/c1-3-27-21(26)16-6-4-10-22(13-16)19(24)7-5-11-23-17-12-15(2)8-9-18(17)28-14-20(23)25/h8-9,12,16H,3-7,10-11,13-14H2,1-2H3. The zero-order chi connectivity index (χ0) is 20.1. The number of hydrogen-bond acceptors (Lipinski definition) is 5. The van der Waals surface area contributed by atoms with E-state index in [2.05, 4.69) is 0 Å². The van der Waals surface area contributed by atoms with Gasteiger partial charge in [0.1, 0.15) is 5.75 Å². The number of carbonyl (C=O) groups is 3. The third-order valence-electron chi connectivity index (χ3n) is 5.22. The van der Waals surface area contributed by atoms with Crippen LogP contribution >= 0.6 is 0 Å². The molecule has 0 aromatic heterocycles. The maximum atomic E-state index is 12.6. The lowest BCUT2D eigenvalue weighted by atomic mass is 9.98. The molecule has 2 heterocycles. The van der Waals surface area contributed by atoms with E-state index >= 15 is 0 Å². The monoisotopic (exact) mass is 388 g/mol. The van der Waals surface area contributed by atoms with E-state index in [4.69, 9.17) is 9.47 Å². The van der Waals surface area contributed by atoms with Crippen molar-refractivity contribution in [3.63, 3.8) is 0 Å². The number of anilines is 1. The van der Waals surface area contributed by atoms with Gasteiger partial charge in [-0.15, -0.1) is 0 Å². The molecule has 7 heteroatoms. The molecule has 0 aliphatic carbocycles. The maximum absolute atomic E-state index is 12.6. The van der Waals surface area contributed by atoms with E-state index in [0.717, 1.165) is 24.1 Å². The number of benzene rings is 1. The summed E-state index contributed by atoms with van der Waals surface area (Å²) >= 11 is 0. The molecular weight excluding hydrogens is 360 g/mol. The second kappa shape index (κ2) is 9.08. The van der Waals surface area contributed by atoms with Crippen LogP contribution in [0.5, 0.6) is 5.75 Å². The second-order valence-electron chi connectivity index (χ2n) is 7.34. The normalized spacial score (nSPS) is 19.1. The maximum Gasteiger partial charge on any atom is 0.310 e. The first-order valence-electron chi connectivity index (χ1n) is 9.97. The van der Waals surface area contributed by atoms with Crippen LogP contribution in [-0.2, 0) is 19.1 Å². The van der Waals surface area contributed by atoms with Gasteiger partial charge in [0, 0.05) is 26.1 Å². The molecule has 1 fully saturated rings. The largest absolute Gasteiger partial charge is 0.482 e. The minimum Gasteiger partial charge on any atom is -0.482 e. The number of piperidine rings is 1. The summed E-state index contributed by atoms with van der Waals surface area (Å²) < 4.78 is 10.6. The summed E-state index contributed by atoms with van der Waals surface area (Å²) in [4.78, 5) is 40.3. The highest BCUT2D eigenvalue weighted by Crippen LogP contribution is 2.33. The van der Waals surface area contributed by atoms with Crippen molar-refractivity contribution in [1.29, 1.82) is 0 Å². The Morgan fingerprint density at radius 3 is 2.93 bits per heavy atom. The van der Waals surface area contributed by atoms with Gasteiger partial charge in [0.05, 0.1) is 18.2 Å². The predicted octanol–water partition coefficient (Wildman–Crippen LogP) is 2.30. The predicted molar refractivity (Wildman–Crippen MR) is 104 cm³/mol. The quantitative estimate of drug-likeness (QED) is 0.699. The Balaban J connectivity index is 1.54. The van der Waals surface area contributed by atoms with Gasteiger partial charge < -0.3 is 19.3 Å². The fraction of sp³-hybridized carbons (Fsp3) is 0.571. The van der Waals surface area contributed by atoms with E-state index in [1.54, 1.807) is 16.7 Å². The van der Waals surface area contributed by atoms with Crippen molar-refractivity contribution < 1.29 is 23.9 Å². The average Bonchev–Trinajstić information content (AvgIpc) is 2.70. The van der Waals surface area contributed by atoms with Crippen LogP contribution in [0.25, 0.3) is 0 Å². The highest BCUT2D eigenvalue weighted by atomic mass is 16.5. The molecule has 7 nitrogen and oxygen atoms in total. The number of amides is 2. The summed E-state index contributed by atoms with van der Waals surface area (Å²) in [6.07, 6.45) is 2.49. The zero-order valence-corrected chi connectivity index (χ0v) is 16.6. The summed E-state index contributed by atoms with van der Waals surface area (Å²) in [6, 6.07) is 5.76. The molecule has 0 bridgehead atoms. The molecule has 152 valence electrons. The van der Waals surface area contributed by atoms with Crippen molar-refractivity contribution in [3.8, 4) is 5.75 Å². The number of aryl methyl sites for hydroxylation is 1. The lowest BCUT2D eigenvalue weighted by Crippen LogP contribution is -2.43. The van der Waals surface area contributed by atoms with Gasteiger partial charge in [-0.3, -0.25) is 14.4 Å². The zero-order valence-electron chi connectivity index (χ0n) is 16.6. The van der Waals surface area contributed by atoms with Crippen molar-refractivity contribution in [2.24, 2.45) is 5.92 Å². The number of fused-ring (bicyclic) bond motifs is 1. The summed E-state index contributed by atoms with van der Waals surface area (Å²) in [5.74, 6) is 0.189. The molecule has 2 amide bonds. The Kier molecular flexibility index (Phi) is 6.54. The first kappa shape index (κ1) is 20.2. The van der Waals surface area contributed by atoms with E-state index in [0.29, 0.717) is 44.8 Å². The number of hydrogen-bond donors (Lipinski definition) is 0. The van der Waals surface area contributed by atoms with Crippen LogP contribution in [-0.4, -0.2) is 55.5 Å². The molecule has 0 N–H and O–H groups in total. The van der Waals surface area contributed by atoms with Crippen LogP contribution in [0.15, 0.2) is 18.2 Å². The fourth-order valence-corrected chi connectivity index (χ4v) is 3.76. The van der Waals surface area contributed by atoms with E-state index in [1.165, 1.54) is 0 Å². The average molecular weight is 388 g/mol. The van der Waals surface area contributed by atoms with E-state index in [1.807, 2.05) is 25.1 Å². The number of likely N-dealkylation sites (tertiary alicyclic amines) is 1. The van der Waals surface area contributed by atoms with Gasteiger partial charge in [-0.05, 0) is 50.8 Å². The number of esters is 1. The van der Waals surface area contributed by atoms with Gasteiger partial charge in [-0.2, -0.15) is 0 Å². The van der Waals surface area contributed by atoms with Crippen LogP contribution in [0.1, 0.15) is 38.2 Å².